The molecular formula is C70H68F3N17O6S. The molecule has 8 aromatic heterocycles. The van der Waals surface area contributed by atoms with Gasteiger partial charge in [0.15, 0.2) is 5.65 Å². The molecule has 12 heterocycles. The van der Waals surface area contributed by atoms with Gasteiger partial charge in [-0.15, -0.1) is 0 Å². The lowest BCUT2D eigenvalue weighted by molar-refractivity contribution is 0.122. The minimum atomic E-state index is -3.52. The average Bonchev–Trinajstić information content (AvgIpc) is 1.73. The first-order valence-corrected chi connectivity index (χ1v) is 33.1. The summed E-state index contributed by atoms with van der Waals surface area (Å²) in [7, 11) is -0.519. The second kappa shape index (κ2) is 26.8. The maximum Gasteiger partial charge on any atom is 0.242 e. The highest BCUT2D eigenvalue weighted by Gasteiger charge is 2.26. The smallest absolute Gasteiger partial charge is 0.242 e. The first kappa shape index (κ1) is 63.6. The Bertz CT molecular complexity index is 5080. The van der Waals surface area contributed by atoms with E-state index in [-0.39, 0.29) is 28.9 Å². The summed E-state index contributed by atoms with van der Waals surface area (Å²) in [5.74, 6) is 4.17. The van der Waals surface area contributed by atoms with Crippen molar-refractivity contribution in [1.82, 2.24) is 62.4 Å². The van der Waals surface area contributed by atoms with Crippen LogP contribution in [0, 0.1) is 45.1 Å². The fourth-order valence-electron chi connectivity index (χ4n) is 12.5. The Labute approximate surface area is 556 Å². The highest BCUT2D eigenvalue weighted by molar-refractivity contribution is 7.89. The third-order valence-electron chi connectivity index (χ3n) is 17.4. The molecule has 16 rings (SSSR count). The summed E-state index contributed by atoms with van der Waals surface area (Å²) in [4.78, 5) is 43.4. The Morgan fingerprint density at radius 2 is 0.959 bits per heavy atom. The molecular weight excluding hydrogens is 1260 g/mol. The summed E-state index contributed by atoms with van der Waals surface area (Å²) < 4.78 is 97.3. The lowest BCUT2D eigenvalue weighted by Crippen LogP contribution is -2.36. The fraction of sp³-hybridized carbons (Fsp3) is 0.271. The molecule has 12 aromatic rings. The number of rotatable bonds is 15. The summed E-state index contributed by atoms with van der Waals surface area (Å²) in [5.41, 5.74) is 15.1. The predicted octanol–water partition coefficient (Wildman–Crippen LogP) is 10.8. The van der Waals surface area contributed by atoms with Gasteiger partial charge in [0.25, 0.3) is 0 Å². The molecule has 0 aliphatic carbocycles. The third-order valence-corrected chi connectivity index (χ3v) is 19.3. The Balaban J connectivity index is 0.000000126. The molecule has 4 aromatic carbocycles. The zero-order valence-electron chi connectivity index (χ0n) is 54.1. The van der Waals surface area contributed by atoms with Crippen molar-refractivity contribution >= 4 is 50.6 Å². The summed E-state index contributed by atoms with van der Waals surface area (Å²) in [5, 5.41) is 9.80. The van der Waals surface area contributed by atoms with Crippen molar-refractivity contribution in [3.8, 4) is 50.8 Å². The largest absolute Gasteiger partial charge is 0.493 e. The molecule has 4 aliphatic rings. The number of fused-ring (bicyclic) bond motifs is 6. The number of ether oxygens (including phenoxy) is 4. The number of aromatic nitrogens is 12. The number of benzene rings is 4. The molecule has 0 unspecified atom stereocenters. The van der Waals surface area contributed by atoms with Crippen LogP contribution in [0.5, 0.6) is 17.2 Å². The number of sulfonamides is 1. The van der Waals surface area contributed by atoms with Crippen LogP contribution < -0.4 is 35.1 Å². The van der Waals surface area contributed by atoms with Crippen LogP contribution in [0.15, 0.2) is 133 Å². The molecule has 496 valence electrons. The van der Waals surface area contributed by atoms with Crippen LogP contribution in [0.4, 0.5) is 36.8 Å². The van der Waals surface area contributed by atoms with Gasteiger partial charge in [-0.05, 0) is 100.0 Å². The second-order valence-corrected chi connectivity index (χ2v) is 26.0. The van der Waals surface area contributed by atoms with Gasteiger partial charge in [0.05, 0.1) is 66.3 Å². The van der Waals surface area contributed by atoms with Crippen molar-refractivity contribution in [2.24, 2.45) is 0 Å². The lowest BCUT2D eigenvalue weighted by atomic mass is 10.0. The molecule has 0 amide bonds. The summed E-state index contributed by atoms with van der Waals surface area (Å²) in [6.45, 7) is 13.5. The number of aryl methyl sites for hydroxylation is 4. The standard InChI is InChI=1S/C26H27FN6O2.C24H24FN5O3S.C20H17FN6O/c1-16-15-33-25(30-16)21(18-3-6-24(31-17(18)2)32-8-11-34-12-9-32)14-29-26(33)28-13-20-19-7-10-35-23(19)5-4-22(20)27;1-15-14-30-23(28-15)19(16-4-6-17(7-5-16)34(31,32)29(2)3)12-26-24(30)27-13-20-18-10-11-33-22(18)9-8-21(20)25;1-12-10-27-19(26-12)15(17-4-6-22-11-25-17)9-24-20(27)23-8-14-13-5-7-28-18(13)3-2-16(14)21/h3-6,14-15H,7-13H2,1-2H3,(H,28,29);4-9,12,14H,10-11,13H2,1-3H3,(H,26,27);2-4,6,9-11H,5,7-8H2,1H3,(H,23,24). The summed E-state index contributed by atoms with van der Waals surface area (Å²) in [6, 6.07) is 22.0. The van der Waals surface area contributed by atoms with E-state index in [9.17, 15) is 21.6 Å². The van der Waals surface area contributed by atoms with Crippen LogP contribution in [-0.4, -0.2) is 131 Å². The summed E-state index contributed by atoms with van der Waals surface area (Å²) >= 11 is 0. The molecule has 1 saturated heterocycles. The number of morpholine rings is 1. The van der Waals surface area contributed by atoms with Crippen molar-refractivity contribution in [3.05, 3.63) is 202 Å². The maximum absolute atomic E-state index is 14.6. The van der Waals surface area contributed by atoms with Crippen LogP contribution in [0.3, 0.4) is 0 Å². The van der Waals surface area contributed by atoms with Gasteiger partial charge in [-0.25, -0.2) is 70.8 Å². The monoisotopic (exact) mass is 1330 g/mol. The van der Waals surface area contributed by atoms with Crippen molar-refractivity contribution in [3.63, 3.8) is 0 Å². The molecule has 27 heteroatoms. The highest BCUT2D eigenvalue weighted by atomic mass is 32.2. The zero-order valence-corrected chi connectivity index (χ0v) is 54.9. The molecule has 0 atom stereocenters. The molecule has 97 heavy (non-hydrogen) atoms. The Morgan fingerprint density at radius 1 is 0.505 bits per heavy atom. The van der Waals surface area contributed by atoms with Crippen LogP contribution in [0.25, 0.3) is 50.5 Å². The van der Waals surface area contributed by atoms with Gasteiger partial charge >= 0.3 is 0 Å². The van der Waals surface area contributed by atoms with E-state index in [1.54, 1.807) is 61.1 Å². The van der Waals surface area contributed by atoms with Crippen LogP contribution in [0.2, 0.25) is 0 Å². The van der Waals surface area contributed by atoms with Gasteiger partial charge in [-0.1, -0.05) is 12.1 Å². The minimum Gasteiger partial charge on any atom is -0.493 e. The van der Waals surface area contributed by atoms with E-state index in [0.29, 0.717) is 92.4 Å². The van der Waals surface area contributed by atoms with E-state index in [1.807, 2.05) is 77.8 Å². The molecule has 23 nitrogen and oxygen atoms in total. The Hall–Kier alpha value is -10.8. The van der Waals surface area contributed by atoms with Crippen molar-refractivity contribution in [1.29, 1.82) is 0 Å². The van der Waals surface area contributed by atoms with Gasteiger partial charge < -0.3 is 39.8 Å². The van der Waals surface area contributed by atoms with E-state index >= 15 is 0 Å². The lowest BCUT2D eigenvalue weighted by Gasteiger charge is -2.28. The fourth-order valence-corrected chi connectivity index (χ4v) is 13.4. The number of halogens is 3. The molecule has 0 saturated carbocycles. The van der Waals surface area contributed by atoms with E-state index < -0.39 is 10.0 Å². The number of nitrogens with zero attached hydrogens (tertiary/aromatic N) is 14. The van der Waals surface area contributed by atoms with Gasteiger partial charge in [-0.3, -0.25) is 13.2 Å². The highest BCUT2D eigenvalue weighted by Crippen LogP contribution is 2.36. The minimum absolute atomic E-state index is 0.212. The number of hydrogen-bond donors (Lipinski definition) is 3. The average molecular weight is 1330 g/mol. The second-order valence-electron chi connectivity index (χ2n) is 23.9. The first-order chi connectivity index (χ1) is 47.0. The molecule has 0 bridgehead atoms. The number of hydrogen-bond acceptors (Lipinski definition) is 19. The van der Waals surface area contributed by atoms with Crippen LogP contribution >= 0.6 is 0 Å². The maximum atomic E-state index is 14.6. The van der Waals surface area contributed by atoms with Crippen LogP contribution in [-0.2, 0) is 53.7 Å². The predicted molar refractivity (Wildman–Crippen MR) is 360 cm³/mol. The number of anilines is 4. The van der Waals surface area contributed by atoms with Crippen molar-refractivity contribution in [2.45, 2.75) is 71.5 Å². The first-order valence-electron chi connectivity index (χ1n) is 31.7. The zero-order chi connectivity index (χ0) is 67.1. The molecule has 3 N–H and O–H groups in total. The molecule has 1 fully saturated rings. The quantitative estimate of drug-likeness (QED) is 0.0864. The van der Waals surface area contributed by atoms with Gasteiger partial charge in [0.2, 0.25) is 27.9 Å². The van der Waals surface area contributed by atoms with Crippen molar-refractivity contribution in [2.75, 3.05) is 81.1 Å². The number of pyridine rings is 1. The van der Waals surface area contributed by atoms with E-state index in [2.05, 4.69) is 56.8 Å². The molecule has 0 radical (unpaired) electrons. The van der Waals surface area contributed by atoms with Gasteiger partial charge in [-0.2, -0.15) is 0 Å². The SMILES string of the molecule is Cc1cn2c(NCc3c(F)ccc4c3CCO4)ncc(-c3ccc(N4CCOCC4)nc3C)c2n1.Cc1cn2c(NCc3c(F)ccc4c3CCO4)ncc(-c3ccc(S(=O)(=O)N(C)C)cc3)c2n1.Cc1cn2c(NCc3c(F)ccc4c3CCO4)ncc(-c3ccncn3)c2n1. The number of nitrogens with one attached hydrogen (secondary N) is 3. The molecule has 4 aliphatic heterocycles. The van der Waals surface area contributed by atoms with Crippen molar-refractivity contribution < 1.29 is 40.5 Å². The van der Waals surface area contributed by atoms with Crippen LogP contribution in [0.1, 0.15) is 56.2 Å². The topological polar surface area (TPSA) is 243 Å². The van der Waals surface area contributed by atoms with Gasteiger partial charge in [0, 0.05) is 165 Å². The normalized spacial score (nSPS) is 13.9. The van der Waals surface area contributed by atoms with E-state index in [0.717, 1.165) is 134 Å². The summed E-state index contributed by atoms with van der Waals surface area (Å²) in [6.07, 6.45) is 16.2. The Kier molecular flexibility index (Phi) is 17.6. The number of imidazole rings is 3. The third kappa shape index (κ3) is 12.7. The van der Waals surface area contributed by atoms with E-state index in [4.69, 9.17) is 33.9 Å². The van der Waals surface area contributed by atoms with Gasteiger partial charge in [0.1, 0.15) is 58.1 Å². The molecule has 0 spiro atoms. The Morgan fingerprint density at radius 3 is 1.41 bits per heavy atom. The van der Waals surface area contributed by atoms with E-state index in [1.165, 1.54) is 42.9 Å².